The van der Waals surface area contributed by atoms with Crippen LogP contribution in [-0.4, -0.2) is 49.6 Å². The lowest BCUT2D eigenvalue weighted by molar-refractivity contribution is -0.384. The highest BCUT2D eigenvalue weighted by molar-refractivity contribution is 7.60. The lowest BCUT2D eigenvalue weighted by Gasteiger charge is -2.25. The third kappa shape index (κ3) is 58.2. The highest BCUT2D eigenvalue weighted by Gasteiger charge is 2.12. The first-order valence-corrected chi connectivity index (χ1v) is 35.9. The van der Waals surface area contributed by atoms with Crippen molar-refractivity contribution in [2.45, 2.75) is 297 Å². The van der Waals surface area contributed by atoms with Crippen molar-refractivity contribution in [3.8, 4) is 23.6 Å². The minimum Gasteiger partial charge on any atom is -0.494 e. The van der Waals surface area contributed by atoms with Gasteiger partial charge in [-0.05, 0) is 149 Å². The van der Waals surface area contributed by atoms with E-state index in [2.05, 4.69) is 119 Å². The molecule has 0 aliphatic rings. The number of carbonyl (C=O) groups excluding carboxylic acids is 1. The average molecular weight is 1530 g/mol. The number of non-ortho nitro benzene ring substituents is 1. The molecular weight excluding hydrogens is 1360 g/mol. The Hall–Kier alpha value is -4.81. The van der Waals surface area contributed by atoms with Crippen LogP contribution in [0.15, 0.2) is 121 Å². The zero-order chi connectivity index (χ0) is 66.2. The molecule has 588 valence electrons. The van der Waals surface area contributed by atoms with Crippen LogP contribution in [0.5, 0.6) is 11.5 Å². The Morgan fingerprint density at radius 3 is 1.14 bits per heavy atom. The van der Waals surface area contributed by atoms with Gasteiger partial charge in [-0.2, -0.15) is 91.5 Å². The number of nitro groups is 1. The maximum atomic E-state index is 11.4. The number of unbranched alkanes of at least 4 members (excludes halogenated alkanes) is 24. The number of Topliss-reactive ketones (excluding diaryl/α,β-unsaturated/α-hetero) is 1. The van der Waals surface area contributed by atoms with Gasteiger partial charge in [0.05, 0.1) is 40.9 Å². The van der Waals surface area contributed by atoms with Gasteiger partial charge in [-0.1, -0.05) is 274 Å². The molecule has 0 fully saturated rings. The number of ether oxygens (including phenoxy) is 2. The summed E-state index contributed by atoms with van der Waals surface area (Å²) in [6, 6.07) is 42.7. The molecule has 5 aromatic rings. The largest absolute Gasteiger partial charge is 0.494 e. The van der Waals surface area contributed by atoms with Gasteiger partial charge in [-0.25, -0.2) is 0 Å². The van der Waals surface area contributed by atoms with E-state index < -0.39 is 4.92 Å². The van der Waals surface area contributed by atoms with E-state index in [1.165, 1.54) is 215 Å². The van der Waals surface area contributed by atoms with Crippen LogP contribution in [0, 0.1) is 32.8 Å². The monoisotopic (exact) mass is 1520 g/mol. The highest BCUT2D eigenvalue weighted by atomic mass is 32.1. The van der Waals surface area contributed by atoms with Gasteiger partial charge in [0, 0.05) is 61.0 Å². The van der Waals surface area contributed by atoms with Crippen LogP contribution in [0.2, 0.25) is 0 Å². The maximum Gasteiger partial charge on any atom is 0.269 e. The molecule has 0 amide bonds. The van der Waals surface area contributed by atoms with E-state index in [0.717, 1.165) is 67.9 Å². The van der Waals surface area contributed by atoms with Crippen molar-refractivity contribution >= 4 is 116 Å². The van der Waals surface area contributed by atoms with Crippen LogP contribution in [0.1, 0.15) is 329 Å². The first-order valence-electron chi connectivity index (χ1n) is 35.9. The standard InChI is InChI=1S/C26H35NO.C20H31NO.C19H30N2.C16H25NO3.4CH4.6H2S.4H2/c1-4-6-8-20-27(21-9-7-5-2)26-18-14-24(15-19-26)11-10-23-12-16-25(17-13-23)22(3)28;1-3-5-7-9-11-19(12-10-8-6-4-2)22-20-15-13-18(17-21)14-16-20;1-3-5-6-7-8-9-10-11-16-21(4-2)19-14-12-18(17-20)13-15-19;1-2-3-4-5-6-7-8-9-14-20-16-12-10-15(11-13-16)17(18)19;;;;;;;;;;;;;;/h10-19H,4-9,20-21H2,1-3H3;13-16,19H,3-12H2,1-2H3;12-15H,3-11,16H2,1-2H3;10-13H,2-9,14H2,1H3;4*1H4;6*1H2;4*1H/b11-10+;;;;;;;;;;;;;;;;;/i;;;;;;;;;;;;;;4*1+1. The average Bonchev–Trinajstić information content (AvgIpc) is 0.887. The van der Waals surface area contributed by atoms with E-state index >= 15 is 0 Å². The molecule has 0 saturated heterocycles. The lowest BCUT2D eigenvalue weighted by Crippen LogP contribution is -2.25. The summed E-state index contributed by atoms with van der Waals surface area (Å²) < 4.78 is 11.7. The number of nitriles is 2. The van der Waals surface area contributed by atoms with Crippen molar-refractivity contribution < 1.29 is 24.9 Å². The fraction of sp³-hybridized carbons (Fsp3) is 0.588. The Bertz CT molecular complexity index is 2690. The van der Waals surface area contributed by atoms with Gasteiger partial charge in [-0.15, -0.1) is 0 Å². The number of hydrogen-bond donors (Lipinski definition) is 0. The van der Waals surface area contributed by atoms with Crippen LogP contribution >= 0.6 is 81.0 Å². The molecule has 16 heteroatoms. The van der Waals surface area contributed by atoms with Crippen molar-refractivity contribution in [2.24, 2.45) is 0 Å². The van der Waals surface area contributed by atoms with Gasteiger partial charge in [-0.3, -0.25) is 14.9 Å². The SMILES string of the molecule is C.C.C.C.CCCCCCC(CCCCCC)Oc1ccc(C#N)cc1.CCCCCCCCCCN(CC)c1ccc(C#N)cc1.CCCCCCCCCCOc1ccc([N+](=O)[O-])cc1.CCCCCN(CCCCC)c1ccc(/C=C/c2ccc(C(C)=O)cc2)cc1.S.S.S.S.S.S.[2HH].[2HH].[2HH].[2HH]. The van der Waals surface area contributed by atoms with Crippen LogP contribution in [0.3, 0.4) is 0 Å². The van der Waals surface area contributed by atoms with Gasteiger partial charge < -0.3 is 19.3 Å². The molecule has 0 unspecified atom stereocenters. The van der Waals surface area contributed by atoms with E-state index in [1.54, 1.807) is 19.1 Å². The second kappa shape index (κ2) is 79.3. The number of nitrogens with zero attached hydrogens (tertiary/aromatic N) is 5. The van der Waals surface area contributed by atoms with Crippen molar-refractivity contribution in [2.75, 3.05) is 42.6 Å². The number of rotatable bonds is 46. The first kappa shape index (κ1) is 115. The summed E-state index contributed by atoms with van der Waals surface area (Å²) in [4.78, 5) is 26.4. The predicted octanol–water partition coefficient (Wildman–Crippen LogP) is 28.3. The summed E-state index contributed by atoms with van der Waals surface area (Å²) in [5.41, 5.74) is 7.15. The number of anilines is 2. The van der Waals surface area contributed by atoms with Gasteiger partial charge in [0.15, 0.2) is 5.78 Å². The summed E-state index contributed by atoms with van der Waals surface area (Å²) in [6.07, 6.45) is 45.9. The lowest BCUT2D eigenvalue weighted by atomic mass is 10.0. The molecule has 0 radical (unpaired) electrons. The molecule has 5 rings (SSSR count). The zero-order valence-corrected chi connectivity index (χ0v) is 67.2. The zero-order valence-electron chi connectivity index (χ0n) is 61.2. The third-order valence-electron chi connectivity index (χ3n) is 16.5. The molecule has 10 nitrogen and oxygen atoms in total. The van der Waals surface area contributed by atoms with Crippen molar-refractivity contribution in [1.29, 1.82) is 10.5 Å². The molecule has 0 aliphatic carbocycles. The molecule has 101 heavy (non-hydrogen) atoms. The van der Waals surface area contributed by atoms with Gasteiger partial charge >= 0.3 is 0 Å². The molecule has 0 N–H and O–H groups in total. The van der Waals surface area contributed by atoms with Gasteiger partial charge in [0.2, 0.25) is 0 Å². The van der Waals surface area contributed by atoms with E-state index in [1.807, 2.05) is 60.7 Å². The minimum absolute atomic E-state index is 0. The normalized spacial score (nSPS) is 9.61. The molecule has 0 heterocycles. The quantitative estimate of drug-likeness (QED) is 0.0123. The fourth-order valence-corrected chi connectivity index (χ4v) is 10.7. The molecular formula is C85H157N5O5S6. The molecule has 0 aliphatic heterocycles. The summed E-state index contributed by atoms with van der Waals surface area (Å²) in [5.74, 6) is 1.71. The topological polar surface area (TPSA) is 133 Å². The number of nitro benzene ring substituents is 1. The second-order valence-electron chi connectivity index (χ2n) is 24.4. The molecule has 0 bridgehead atoms. The fourth-order valence-electron chi connectivity index (χ4n) is 10.7. The van der Waals surface area contributed by atoms with Crippen LogP contribution in [0.25, 0.3) is 12.2 Å². The summed E-state index contributed by atoms with van der Waals surface area (Å²) in [6.45, 7) is 22.4. The molecule has 5 aromatic carbocycles. The van der Waals surface area contributed by atoms with Gasteiger partial charge in [0.1, 0.15) is 11.5 Å². The number of ketones is 1. The Morgan fingerprint density at radius 2 is 0.752 bits per heavy atom. The second-order valence-corrected chi connectivity index (χ2v) is 24.4. The Kier molecular flexibility index (Phi) is 90.0. The third-order valence-corrected chi connectivity index (χ3v) is 16.5. The predicted molar refractivity (Wildman–Crippen MR) is 487 cm³/mol. The minimum atomic E-state index is -0.400. The summed E-state index contributed by atoms with van der Waals surface area (Å²) in [7, 11) is 0. The maximum absolute atomic E-state index is 11.4. The Morgan fingerprint density at radius 1 is 0.436 bits per heavy atom. The van der Waals surface area contributed by atoms with Crippen molar-refractivity contribution in [1.82, 2.24) is 0 Å². The van der Waals surface area contributed by atoms with E-state index in [9.17, 15) is 14.9 Å². The number of carbonyl (C=O) groups is 1. The van der Waals surface area contributed by atoms with Crippen molar-refractivity contribution in [3.05, 3.63) is 159 Å². The summed E-state index contributed by atoms with van der Waals surface area (Å²) in [5, 5.41) is 28.2. The van der Waals surface area contributed by atoms with Crippen LogP contribution in [0.4, 0.5) is 17.1 Å². The molecule has 0 spiro atoms. The van der Waals surface area contributed by atoms with E-state index in [4.69, 9.17) is 20.0 Å². The smallest absolute Gasteiger partial charge is 0.269 e. The molecule has 0 saturated carbocycles. The molecule has 0 aromatic heterocycles. The molecule has 0 atom stereocenters. The van der Waals surface area contributed by atoms with Crippen LogP contribution in [-0.2, 0) is 0 Å². The van der Waals surface area contributed by atoms with E-state index in [0.29, 0.717) is 24.0 Å². The van der Waals surface area contributed by atoms with Gasteiger partial charge in [0.25, 0.3) is 5.69 Å². The van der Waals surface area contributed by atoms with E-state index in [-0.39, 0.29) is 128 Å². The number of hydrogen-bond acceptors (Lipinski definition) is 9. The van der Waals surface area contributed by atoms with Crippen LogP contribution < -0.4 is 19.3 Å². The Labute approximate surface area is 669 Å². The Balaban J connectivity index is -0.0000000943. The summed E-state index contributed by atoms with van der Waals surface area (Å²) >= 11 is 0. The number of benzene rings is 5. The van der Waals surface area contributed by atoms with Crippen molar-refractivity contribution in [3.63, 3.8) is 0 Å². The first-order chi connectivity index (χ1) is 44.5. The highest BCUT2D eigenvalue weighted by Crippen LogP contribution is 2.24.